The van der Waals surface area contributed by atoms with Gasteiger partial charge in [-0.2, -0.15) is 8.42 Å². The van der Waals surface area contributed by atoms with Crippen LogP contribution >= 0.6 is 0 Å². The van der Waals surface area contributed by atoms with E-state index in [1.165, 1.54) is 25.1 Å². The lowest BCUT2D eigenvalue weighted by Crippen LogP contribution is -2.13. The first-order valence-corrected chi connectivity index (χ1v) is 7.87. The van der Waals surface area contributed by atoms with Crippen molar-refractivity contribution in [2.45, 2.75) is 18.7 Å². The van der Waals surface area contributed by atoms with Gasteiger partial charge in [0, 0.05) is 18.7 Å². The number of hydrogen-bond donors (Lipinski definition) is 1. The first-order chi connectivity index (χ1) is 10.7. The number of halogens is 2. The summed E-state index contributed by atoms with van der Waals surface area (Å²) in [5.41, 5.74) is 0.650. The number of benzene rings is 2. The normalized spacial score (nSPS) is 11.1. The smallest absolute Gasteiger partial charge is 0.339 e. The van der Waals surface area contributed by atoms with Crippen LogP contribution in [0.15, 0.2) is 41.3 Å². The van der Waals surface area contributed by atoms with Gasteiger partial charge < -0.3 is 9.50 Å². The molecule has 0 aliphatic rings. The van der Waals surface area contributed by atoms with Crippen LogP contribution in [0.1, 0.15) is 12.5 Å². The first kappa shape index (κ1) is 16.9. The fraction of sp³-hybridized carbons (Fsp3) is 0.133. The van der Waals surface area contributed by atoms with Crippen molar-refractivity contribution in [2.75, 3.05) is 5.32 Å². The summed E-state index contributed by atoms with van der Waals surface area (Å²) in [5.74, 6) is -3.05. The quantitative estimate of drug-likeness (QED) is 0.868. The summed E-state index contributed by atoms with van der Waals surface area (Å²) < 4.78 is 55.4. The second kappa shape index (κ2) is 6.33. The minimum atomic E-state index is -4.27. The summed E-state index contributed by atoms with van der Waals surface area (Å²) in [7, 11) is -4.27. The molecule has 8 heteroatoms. The van der Waals surface area contributed by atoms with Crippen molar-refractivity contribution in [3.63, 3.8) is 0 Å². The van der Waals surface area contributed by atoms with Crippen molar-refractivity contribution in [3.8, 4) is 5.75 Å². The van der Waals surface area contributed by atoms with E-state index in [1.54, 1.807) is 6.92 Å². The molecule has 0 saturated carbocycles. The maximum atomic E-state index is 13.1. The molecule has 0 heterocycles. The average molecular weight is 341 g/mol. The first-order valence-electron chi connectivity index (χ1n) is 6.47. The van der Waals surface area contributed by atoms with Crippen LogP contribution in [-0.4, -0.2) is 14.3 Å². The summed E-state index contributed by atoms with van der Waals surface area (Å²) >= 11 is 0. The van der Waals surface area contributed by atoms with Crippen LogP contribution in [0.4, 0.5) is 14.5 Å². The molecule has 2 rings (SSSR count). The average Bonchev–Trinajstić information content (AvgIpc) is 2.44. The molecule has 1 N–H and O–H groups in total. The largest absolute Gasteiger partial charge is 0.379 e. The molecule has 0 bridgehead atoms. The maximum absolute atomic E-state index is 13.1. The van der Waals surface area contributed by atoms with E-state index < -0.39 is 21.8 Å². The van der Waals surface area contributed by atoms with Crippen LogP contribution in [0.5, 0.6) is 5.75 Å². The highest BCUT2D eigenvalue weighted by Crippen LogP contribution is 2.25. The van der Waals surface area contributed by atoms with Gasteiger partial charge in [0.25, 0.3) is 0 Å². The molecule has 0 unspecified atom stereocenters. The van der Waals surface area contributed by atoms with E-state index in [-0.39, 0.29) is 22.2 Å². The zero-order chi connectivity index (χ0) is 17.2. The molecule has 1 amide bonds. The van der Waals surface area contributed by atoms with E-state index >= 15 is 0 Å². The van der Waals surface area contributed by atoms with Gasteiger partial charge in [-0.05, 0) is 36.8 Å². The molecule has 122 valence electrons. The topological polar surface area (TPSA) is 72.5 Å². The van der Waals surface area contributed by atoms with Crippen molar-refractivity contribution < 1.29 is 26.2 Å². The molecule has 0 aliphatic carbocycles. The lowest BCUT2D eigenvalue weighted by Gasteiger charge is -2.11. The second-order valence-electron chi connectivity index (χ2n) is 4.77. The molecule has 2 aromatic rings. The van der Waals surface area contributed by atoms with E-state index in [1.807, 2.05) is 0 Å². The number of carbonyl (C=O) groups excluding carboxylic acids is 1. The highest BCUT2D eigenvalue weighted by atomic mass is 32.2. The summed E-state index contributed by atoms with van der Waals surface area (Å²) in [4.78, 5) is 10.9. The van der Waals surface area contributed by atoms with Gasteiger partial charge in [-0.15, -0.1) is 0 Å². The van der Waals surface area contributed by atoms with E-state index in [0.29, 0.717) is 11.6 Å². The molecular weight excluding hydrogens is 328 g/mol. The molecule has 0 saturated heterocycles. The molecule has 0 aliphatic heterocycles. The molecular formula is C15H13F2NO4S. The predicted molar refractivity (Wildman–Crippen MR) is 79.7 cm³/mol. The van der Waals surface area contributed by atoms with E-state index in [2.05, 4.69) is 5.32 Å². The Morgan fingerprint density at radius 3 is 2.39 bits per heavy atom. The summed E-state index contributed by atoms with van der Waals surface area (Å²) in [6, 6.07) is 6.66. The lowest BCUT2D eigenvalue weighted by atomic mass is 10.2. The summed E-state index contributed by atoms with van der Waals surface area (Å²) in [5, 5.41) is 2.46. The highest BCUT2D eigenvalue weighted by molar-refractivity contribution is 7.87. The van der Waals surface area contributed by atoms with Crippen LogP contribution in [-0.2, 0) is 14.9 Å². The van der Waals surface area contributed by atoms with Crippen molar-refractivity contribution in [1.29, 1.82) is 0 Å². The van der Waals surface area contributed by atoms with Crippen molar-refractivity contribution in [1.82, 2.24) is 0 Å². The van der Waals surface area contributed by atoms with E-state index in [0.717, 1.165) is 12.1 Å². The van der Waals surface area contributed by atoms with Crippen LogP contribution < -0.4 is 9.50 Å². The fourth-order valence-corrected chi connectivity index (χ4v) is 3.03. The monoisotopic (exact) mass is 341 g/mol. The number of hydrogen-bond acceptors (Lipinski definition) is 4. The number of nitrogens with one attached hydrogen (secondary N) is 1. The fourth-order valence-electron chi connectivity index (χ4n) is 1.85. The van der Waals surface area contributed by atoms with Gasteiger partial charge in [-0.1, -0.05) is 6.07 Å². The molecule has 0 spiro atoms. The number of anilines is 1. The molecule has 23 heavy (non-hydrogen) atoms. The predicted octanol–water partition coefficient (Wildman–Crippen LogP) is 3.00. The highest BCUT2D eigenvalue weighted by Gasteiger charge is 2.21. The Balaban J connectivity index is 2.38. The lowest BCUT2D eigenvalue weighted by molar-refractivity contribution is -0.114. The molecule has 0 fully saturated rings. The van der Waals surface area contributed by atoms with Gasteiger partial charge in [0.1, 0.15) is 10.6 Å². The van der Waals surface area contributed by atoms with E-state index in [4.69, 9.17) is 4.18 Å². The zero-order valence-corrected chi connectivity index (χ0v) is 13.1. The molecule has 0 atom stereocenters. The van der Waals surface area contributed by atoms with Crippen LogP contribution in [0.3, 0.4) is 0 Å². The molecule has 2 aromatic carbocycles. The third kappa shape index (κ3) is 4.04. The number of carbonyl (C=O) groups is 1. The van der Waals surface area contributed by atoms with Crippen LogP contribution in [0, 0.1) is 18.6 Å². The van der Waals surface area contributed by atoms with E-state index in [9.17, 15) is 22.0 Å². The molecule has 5 nitrogen and oxygen atoms in total. The van der Waals surface area contributed by atoms with Crippen LogP contribution in [0.25, 0.3) is 0 Å². The van der Waals surface area contributed by atoms with Gasteiger partial charge in [-0.25, -0.2) is 8.78 Å². The van der Waals surface area contributed by atoms with Gasteiger partial charge in [0.05, 0.1) is 0 Å². The maximum Gasteiger partial charge on any atom is 0.339 e. The third-order valence-corrected chi connectivity index (χ3v) is 4.27. The molecule has 0 aromatic heterocycles. The molecule has 0 radical (unpaired) electrons. The Bertz CT molecular complexity index is 866. The van der Waals surface area contributed by atoms with Gasteiger partial charge >= 0.3 is 10.1 Å². The van der Waals surface area contributed by atoms with Gasteiger partial charge in [-0.3, -0.25) is 4.79 Å². The Morgan fingerprint density at radius 2 is 1.78 bits per heavy atom. The van der Waals surface area contributed by atoms with Crippen molar-refractivity contribution >= 4 is 21.7 Å². The van der Waals surface area contributed by atoms with Crippen LogP contribution in [0.2, 0.25) is 0 Å². The number of amides is 1. The second-order valence-corrected chi connectivity index (χ2v) is 6.29. The van der Waals surface area contributed by atoms with Gasteiger partial charge in [0.2, 0.25) is 5.91 Å². The van der Waals surface area contributed by atoms with Gasteiger partial charge in [0.15, 0.2) is 11.6 Å². The zero-order valence-electron chi connectivity index (χ0n) is 12.3. The Morgan fingerprint density at radius 1 is 1.09 bits per heavy atom. The third-order valence-electron chi connectivity index (χ3n) is 2.87. The van der Waals surface area contributed by atoms with Crippen molar-refractivity contribution in [2.24, 2.45) is 0 Å². The Hall–Kier alpha value is -2.48. The standard InChI is InChI=1S/C15H13F2NO4S/c1-9-3-4-11(18-10(2)19)7-15(9)23(20,21)22-12-5-6-13(16)14(17)8-12/h3-8H,1-2H3,(H,18,19). The Kier molecular flexibility index (Phi) is 4.65. The Labute approximate surface area is 132 Å². The summed E-state index contributed by atoms with van der Waals surface area (Å²) in [6.45, 7) is 2.82. The number of rotatable bonds is 4. The number of aryl methyl sites for hydroxylation is 1. The summed E-state index contributed by atoms with van der Waals surface area (Å²) in [6.07, 6.45) is 0. The van der Waals surface area contributed by atoms with Crippen molar-refractivity contribution in [3.05, 3.63) is 53.6 Å². The SMILES string of the molecule is CC(=O)Nc1ccc(C)c(S(=O)(=O)Oc2ccc(F)c(F)c2)c1. The minimum Gasteiger partial charge on any atom is -0.379 e. The minimum absolute atomic E-state index is 0.187.